The highest BCUT2D eigenvalue weighted by molar-refractivity contribution is 7.90. The van der Waals surface area contributed by atoms with Crippen LogP contribution in [-0.2, 0) is 27.4 Å². The Kier molecular flexibility index (Phi) is 6.27. The van der Waals surface area contributed by atoms with Crippen LogP contribution in [0.5, 0.6) is 0 Å². The van der Waals surface area contributed by atoms with Gasteiger partial charge in [-0.25, -0.2) is 8.42 Å². The molecule has 0 aliphatic heterocycles. The van der Waals surface area contributed by atoms with E-state index in [1.165, 1.54) is 54.4 Å². The number of nitrogens with one attached hydrogen (secondary N) is 1. The Balaban J connectivity index is 2.03. The molecular weight excluding hydrogens is 381 g/mol. The van der Waals surface area contributed by atoms with Crippen molar-refractivity contribution in [3.05, 3.63) is 59.7 Å². The van der Waals surface area contributed by atoms with Crippen molar-refractivity contribution in [2.24, 2.45) is 0 Å². The Morgan fingerprint density at radius 2 is 1.78 bits per heavy atom. The Hall–Kier alpha value is -2.39. The molecule has 0 aromatic heterocycles. The lowest BCUT2D eigenvalue weighted by atomic mass is 10.1. The number of nitrogens with zero attached hydrogens (tertiary/aromatic N) is 1. The van der Waals surface area contributed by atoms with Gasteiger partial charge in [0.25, 0.3) is 0 Å². The average Bonchev–Trinajstić information content (AvgIpc) is 2.53. The lowest BCUT2D eigenvalue weighted by Gasteiger charge is -2.19. The van der Waals surface area contributed by atoms with E-state index in [4.69, 9.17) is 0 Å². The molecule has 0 heterocycles. The summed E-state index contributed by atoms with van der Waals surface area (Å²) in [5, 5.41) is 2.55. The predicted molar refractivity (Wildman–Crippen MR) is 96.0 cm³/mol. The van der Waals surface area contributed by atoms with Crippen LogP contribution < -0.4 is 5.32 Å². The van der Waals surface area contributed by atoms with E-state index in [1.54, 1.807) is 0 Å². The topological polar surface area (TPSA) is 66.5 Å². The number of benzene rings is 2. The highest BCUT2D eigenvalue weighted by atomic mass is 32.2. The molecule has 0 aliphatic rings. The molecule has 0 spiro atoms. The minimum absolute atomic E-state index is 0.0627. The molecule has 146 valence electrons. The van der Waals surface area contributed by atoms with Crippen LogP contribution in [0.15, 0.2) is 53.4 Å². The lowest BCUT2D eigenvalue weighted by molar-refractivity contribution is -0.138. The van der Waals surface area contributed by atoms with E-state index in [0.29, 0.717) is 5.69 Å². The number of likely N-dealkylation sites (N-methyl/N-ethyl adjacent to an activating group) is 1. The molecule has 27 heavy (non-hydrogen) atoms. The second-order valence-electron chi connectivity index (χ2n) is 6.18. The van der Waals surface area contributed by atoms with Crippen molar-refractivity contribution in [2.75, 3.05) is 25.2 Å². The SMILES string of the molecule is CN(CC(=O)Nc1cccc(S(C)(=O)=O)c1)Cc1ccccc1C(F)(F)F. The van der Waals surface area contributed by atoms with Gasteiger partial charge in [-0.3, -0.25) is 9.69 Å². The van der Waals surface area contributed by atoms with Crippen molar-refractivity contribution in [1.82, 2.24) is 4.90 Å². The van der Waals surface area contributed by atoms with E-state index in [2.05, 4.69) is 5.32 Å². The molecule has 5 nitrogen and oxygen atoms in total. The van der Waals surface area contributed by atoms with Gasteiger partial charge in [0.15, 0.2) is 9.84 Å². The van der Waals surface area contributed by atoms with Crippen molar-refractivity contribution >= 4 is 21.4 Å². The zero-order valence-electron chi connectivity index (χ0n) is 14.7. The summed E-state index contributed by atoms with van der Waals surface area (Å²) in [6.45, 7) is -0.220. The summed E-state index contributed by atoms with van der Waals surface area (Å²) in [4.78, 5) is 13.6. The van der Waals surface area contributed by atoms with Crippen molar-refractivity contribution in [3.63, 3.8) is 0 Å². The molecule has 0 saturated carbocycles. The monoisotopic (exact) mass is 400 g/mol. The third-order valence-corrected chi connectivity index (χ3v) is 4.83. The number of rotatable bonds is 6. The molecule has 0 fully saturated rings. The third-order valence-electron chi connectivity index (χ3n) is 3.72. The quantitative estimate of drug-likeness (QED) is 0.809. The van der Waals surface area contributed by atoms with E-state index >= 15 is 0 Å². The maximum absolute atomic E-state index is 13.0. The Morgan fingerprint density at radius 3 is 2.41 bits per heavy atom. The van der Waals surface area contributed by atoms with Crippen molar-refractivity contribution in [2.45, 2.75) is 17.6 Å². The maximum atomic E-state index is 13.0. The normalized spacial score (nSPS) is 12.2. The Labute approximate surface area is 155 Å². The van der Waals surface area contributed by atoms with E-state index in [-0.39, 0.29) is 23.5 Å². The first-order valence-corrected chi connectivity index (χ1v) is 9.79. The van der Waals surface area contributed by atoms with Gasteiger partial charge in [-0.1, -0.05) is 24.3 Å². The van der Waals surface area contributed by atoms with E-state index in [9.17, 15) is 26.4 Å². The van der Waals surface area contributed by atoms with Crippen LogP contribution in [-0.4, -0.2) is 39.1 Å². The van der Waals surface area contributed by atoms with Gasteiger partial charge in [-0.2, -0.15) is 13.2 Å². The number of carbonyl (C=O) groups is 1. The van der Waals surface area contributed by atoms with Crippen molar-refractivity contribution in [1.29, 1.82) is 0 Å². The van der Waals surface area contributed by atoms with Gasteiger partial charge in [-0.15, -0.1) is 0 Å². The molecule has 0 bridgehead atoms. The highest BCUT2D eigenvalue weighted by Gasteiger charge is 2.33. The Morgan fingerprint density at radius 1 is 1.11 bits per heavy atom. The fourth-order valence-corrected chi connectivity index (χ4v) is 3.20. The van der Waals surface area contributed by atoms with Crippen LogP contribution in [0.4, 0.5) is 18.9 Å². The number of hydrogen-bond acceptors (Lipinski definition) is 4. The van der Waals surface area contributed by atoms with Gasteiger partial charge in [-0.05, 0) is 36.9 Å². The number of alkyl halides is 3. The van der Waals surface area contributed by atoms with E-state index in [1.807, 2.05) is 0 Å². The number of carbonyl (C=O) groups excluding carboxylic acids is 1. The molecule has 2 aromatic rings. The van der Waals surface area contributed by atoms with E-state index < -0.39 is 27.5 Å². The van der Waals surface area contributed by atoms with E-state index in [0.717, 1.165) is 12.3 Å². The molecule has 0 radical (unpaired) electrons. The Bertz CT molecular complexity index is 927. The molecule has 2 aromatic carbocycles. The fraction of sp³-hybridized carbons (Fsp3) is 0.278. The summed E-state index contributed by atoms with van der Waals surface area (Å²) in [7, 11) is -1.88. The third kappa shape index (κ3) is 6.07. The smallest absolute Gasteiger partial charge is 0.325 e. The molecule has 2 rings (SSSR count). The summed E-state index contributed by atoms with van der Waals surface area (Å²) < 4.78 is 62.2. The zero-order valence-corrected chi connectivity index (χ0v) is 15.6. The zero-order chi connectivity index (χ0) is 20.2. The molecular formula is C18H19F3N2O3S. The number of anilines is 1. The number of sulfone groups is 1. The number of amides is 1. The summed E-state index contributed by atoms with van der Waals surface area (Å²) in [6, 6.07) is 11.0. The van der Waals surface area contributed by atoms with Gasteiger partial charge < -0.3 is 5.32 Å². The molecule has 1 N–H and O–H groups in total. The first kappa shape index (κ1) is 20.9. The second kappa shape index (κ2) is 8.10. The van der Waals surface area contributed by atoms with Gasteiger partial charge >= 0.3 is 6.18 Å². The molecule has 0 atom stereocenters. The maximum Gasteiger partial charge on any atom is 0.416 e. The van der Waals surface area contributed by atoms with Crippen LogP contribution in [0, 0.1) is 0 Å². The summed E-state index contributed by atoms with van der Waals surface area (Å²) in [6.07, 6.45) is -3.41. The van der Waals surface area contributed by atoms with Crippen LogP contribution in [0.25, 0.3) is 0 Å². The van der Waals surface area contributed by atoms with Gasteiger partial charge in [0, 0.05) is 18.5 Å². The summed E-state index contributed by atoms with van der Waals surface area (Å²) in [5.41, 5.74) is -0.371. The largest absolute Gasteiger partial charge is 0.416 e. The second-order valence-corrected chi connectivity index (χ2v) is 8.19. The summed E-state index contributed by atoms with van der Waals surface area (Å²) in [5.74, 6) is -0.465. The molecule has 0 saturated heterocycles. The first-order chi connectivity index (χ1) is 12.5. The van der Waals surface area contributed by atoms with Gasteiger partial charge in [0.2, 0.25) is 5.91 Å². The fourth-order valence-electron chi connectivity index (χ4n) is 2.53. The lowest BCUT2D eigenvalue weighted by Crippen LogP contribution is -2.30. The molecule has 0 unspecified atom stereocenters. The minimum Gasteiger partial charge on any atom is -0.325 e. The van der Waals surface area contributed by atoms with Crippen LogP contribution in [0.2, 0.25) is 0 Å². The van der Waals surface area contributed by atoms with Crippen LogP contribution in [0.3, 0.4) is 0 Å². The van der Waals surface area contributed by atoms with Crippen LogP contribution >= 0.6 is 0 Å². The highest BCUT2D eigenvalue weighted by Crippen LogP contribution is 2.32. The number of halogens is 3. The summed E-state index contributed by atoms with van der Waals surface area (Å²) >= 11 is 0. The predicted octanol–water partition coefficient (Wildman–Crippen LogP) is 3.18. The standard InChI is InChI=1S/C18H19F3N2O3S/c1-23(11-13-6-3-4-9-16(13)18(19,20)21)12-17(24)22-14-7-5-8-15(10-14)27(2,25)26/h3-10H,11-12H2,1-2H3,(H,22,24). The molecule has 1 amide bonds. The van der Waals surface area contributed by atoms with Crippen LogP contribution in [0.1, 0.15) is 11.1 Å². The average molecular weight is 400 g/mol. The van der Waals surface area contributed by atoms with Gasteiger partial charge in [0.1, 0.15) is 0 Å². The molecule has 9 heteroatoms. The molecule has 0 aliphatic carbocycles. The first-order valence-electron chi connectivity index (χ1n) is 7.90. The van der Waals surface area contributed by atoms with Crippen molar-refractivity contribution in [3.8, 4) is 0 Å². The van der Waals surface area contributed by atoms with Gasteiger partial charge in [0.05, 0.1) is 17.0 Å². The minimum atomic E-state index is -4.47. The number of hydrogen-bond donors (Lipinski definition) is 1. The van der Waals surface area contributed by atoms with Crippen molar-refractivity contribution < 1.29 is 26.4 Å².